The number of piperazine rings is 1. The summed E-state index contributed by atoms with van der Waals surface area (Å²) in [5.74, 6) is 3.07. The van der Waals surface area contributed by atoms with Crippen molar-refractivity contribution in [2.24, 2.45) is 0 Å². The van der Waals surface area contributed by atoms with Gasteiger partial charge in [-0.25, -0.2) is 4.98 Å². The molecule has 0 radical (unpaired) electrons. The molecule has 2 aromatic carbocycles. The number of ether oxygens (including phenoxy) is 1. The lowest BCUT2D eigenvalue weighted by Crippen LogP contribution is -2.49. The third kappa shape index (κ3) is 5.12. The summed E-state index contributed by atoms with van der Waals surface area (Å²) in [6.07, 6.45) is 0. The van der Waals surface area contributed by atoms with E-state index in [0.29, 0.717) is 30.4 Å². The molecule has 7 heteroatoms. The van der Waals surface area contributed by atoms with E-state index < -0.39 is 0 Å². The average Bonchev–Trinajstić information content (AvgIpc) is 2.80. The van der Waals surface area contributed by atoms with E-state index in [1.165, 1.54) is 0 Å². The summed E-state index contributed by atoms with van der Waals surface area (Å²) in [4.78, 5) is 26.0. The van der Waals surface area contributed by atoms with Crippen LogP contribution in [0.3, 0.4) is 0 Å². The number of para-hydroxylation sites is 1. The monoisotopic (exact) mass is 417 g/mol. The van der Waals surface area contributed by atoms with Crippen LogP contribution >= 0.6 is 0 Å². The summed E-state index contributed by atoms with van der Waals surface area (Å²) in [5, 5.41) is 3.17. The summed E-state index contributed by atoms with van der Waals surface area (Å²) in [7, 11) is 0. The Balaban J connectivity index is 1.36. The van der Waals surface area contributed by atoms with Gasteiger partial charge >= 0.3 is 0 Å². The highest BCUT2D eigenvalue weighted by molar-refractivity contribution is 5.94. The van der Waals surface area contributed by atoms with Gasteiger partial charge in [-0.15, -0.1) is 0 Å². The molecule has 1 aliphatic rings. The van der Waals surface area contributed by atoms with Crippen LogP contribution < -0.4 is 15.0 Å². The Morgan fingerprint density at radius 3 is 2.32 bits per heavy atom. The third-order valence-corrected chi connectivity index (χ3v) is 5.15. The second kappa shape index (κ2) is 9.47. The second-order valence-electron chi connectivity index (χ2n) is 7.44. The lowest BCUT2D eigenvalue weighted by atomic mass is 10.1. The molecule has 31 heavy (non-hydrogen) atoms. The first-order valence-corrected chi connectivity index (χ1v) is 10.6. The van der Waals surface area contributed by atoms with Crippen LogP contribution in [0.15, 0.2) is 60.7 Å². The van der Waals surface area contributed by atoms with Crippen molar-refractivity contribution in [3.63, 3.8) is 0 Å². The Labute approximate surface area is 182 Å². The van der Waals surface area contributed by atoms with E-state index in [1.54, 1.807) is 0 Å². The normalized spacial score (nSPS) is 13.7. The largest absolute Gasteiger partial charge is 0.457 e. The third-order valence-electron chi connectivity index (χ3n) is 5.15. The number of amides is 1. The Morgan fingerprint density at radius 1 is 0.968 bits per heavy atom. The van der Waals surface area contributed by atoms with Crippen molar-refractivity contribution in [2.75, 3.05) is 42.9 Å². The molecule has 2 heterocycles. The van der Waals surface area contributed by atoms with Crippen molar-refractivity contribution in [1.29, 1.82) is 0 Å². The smallest absolute Gasteiger partial charge is 0.253 e. The lowest BCUT2D eigenvalue weighted by molar-refractivity contribution is 0.0746. The number of nitrogens with one attached hydrogen (secondary N) is 1. The van der Waals surface area contributed by atoms with Crippen molar-refractivity contribution in [3.8, 4) is 11.5 Å². The minimum atomic E-state index is 0.0399. The van der Waals surface area contributed by atoms with E-state index >= 15 is 0 Å². The van der Waals surface area contributed by atoms with Crippen molar-refractivity contribution >= 4 is 17.7 Å². The molecule has 0 spiro atoms. The molecule has 1 fully saturated rings. The van der Waals surface area contributed by atoms with Gasteiger partial charge in [-0.2, -0.15) is 4.98 Å². The zero-order chi connectivity index (χ0) is 21.6. The number of aromatic nitrogens is 2. The number of benzene rings is 2. The number of rotatable bonds is 6. The van der Waals surface area contributed by atoms with Gasteiger partial charge in [0.1, 0.15) is 17.3 Å². The first kappa shape index (κ1) is 20.7. The number of nitrogens with zero attached hydrogens (tertiary/aromatic N) is 4. The molecular formula is C24H27N5O2. The summed E-state index contributed by atoms with van der Waals surface area (Å²) >= 11 is 0. The van der Waals surface area contributed by atoms with Crippen LogP contribution in [-0.4, -0.2) is 53.5 Å². The van der Waals surface area contributed by atoms with Crippen molar-refractivity contribution in [1.82, 2.24) is 14.9 Å². The average molecular weight is 418 g/mol. The Kier molecular flexibility index (Phi) is 6.31. The van der Waals surface area contributed by atoms with E-state index in [9.17, 15) is 4.79 Å². The van der Waals surface area contributed by atoms with E-state index in [0.717, 1.165) is 36.9 Å². The number of anilines is 2. The van der Waals surface area contributed by atoms with Crippen molar-refractivity contribution < 1.29 is 9.53 Å². The fraction of sp³-hybridized carbons (Fsp3) is 0.292. The molecule has 0 unspecified atom stereocenters. The molecule has 0 saturated carbocycles. The second-order valence-corrected chi connectivity index (χ2v) is 7.44. The zero-order valence-electron chi connectivity index (χ0n) is 17.9. The highest BCUT2D eigenvalue weighted by Gasteiger charge is 2.23. The van der Waals surface area contributed by atoms with Crippen molar-refractivity contribution in [3.05, 3.63) is 71.9 Å². The Bertz CT molecular complexity index is 1020. The quantitative estimate of drug-likeness (QED) is 0.654. The van der Waals surface area contributed by atoms with Gasteiger partial charge in [-0.05, 0) is 50.2 Å². The summed E-state index contributed by atoms with van der Waals surface area (Å²) < 4.78 is 5.81. The molecule has 1 N–H and O–H groups in total. The standard InChI is InChI=1S/C24H27N5O2/c1-3-25-24-26-18(2)17-22(27-24)28-13-15-29(16-14-28)23(30)19-9-11-21(12-10-19)31-20-7-5-4-6-8-20/h4-12,17H,3,13-16H2,1-2H3,(H,25,26,27). The highest BCUT2D eigenvalue weighted by Crippen LogP contribution is 2.22. The molecule has 0 aliphatic carbocycles. The summed E-state index contributed by atoms with van der Waals surface area (Å²) in [6, 6.07) is 18.9. The van der Waals surface area contributed by atoms with Crippen LogP contribution in [0.25, 0.3) is 0 Å². The molecule has 1 aliphatic heterocycles. The maximum atomic E-state index is 12.9. The van der Waals surface area contributed by atoms with Gasteiger partial charge in [0.05, 0.1) is 0 Å². The fourth-order valence-corrected chi connectivity index (χ4v) is 3.56. The van der Waals surface area contributed by atoms with Crippen LogP contribution in [0, 0.1) is 6.92 Å². The highest BCUT2D eigenvalue weighted by atomic mass is 16.5. The SMILES string of the molecule is CCNc1nc(C)cc(N2CCN(C(=O)c3ccc(Oc4ccccc4)cc3)CC2)n1. The molecule has 3 aromatic rings. The molecule has 7 nitrogen and oxygen atoms in total. The molecule has 1 amide bonds. The van der Waals surface area contributed by atoms with Gasteiger partial charge < -0.3 is 19.9 Å². The van der Waals surface area contributed by atoms with Crippen LogP contribution in [0.2, 0.25) is 0 Å². The van der Waals surface area contributed by atoms with Gasteiger partial charge in [-0.3, -0.25) is 4.79 Å². The van der Waals surface area contributed by atoms with Gasteiger partial charge in [0.25, 0.3) is 5.91 Å². The van der Waals surface area contributed by atoms with Crippen LogP contribution in [0.5, 0.6) is 11.5 Å². The van der Waals surface area contributed by atoms with E-state index in [2.05, 4.69) is 20.2 Å². The van der Waals surface area contributed by atoms with Crippen LogP contribution in [-0.2, 0) is 0 Å². The van der Waals surface area contributed by atoms with Crippen molar-refractivity contribution in [2.45, 2.75) is 13.8 Å². The molecule has 1 saturated heterocycles. The maximum absolute atomic E-state index is 12.9. The summed E-state index contributed by atoms with van der Waals surface area (Å²) in [5.41, 5.74) is 1.60. The maximum Gasteiger partial charge on any atom is 0.253 e. The first-order valence-electron chi connectivity index (χ1n) is 10.6. The van der Waals surface area contributed by atoms with Gasteiger partial charge in [0.2, 0.25) is 5.95 Å². The molecule has 160 valence electrons. The van der Waals surface area contributed by atoms with Gasteiger partial charge in [-0.1, -0.05) is 18.2 Å². The predicted molar refractivity (Wildman–Crippen MR) is 122 cm³/mol. The topological polar surface area (TPSA) is 70.6 Å². The molecule has 1 aromatic heterocycles. The fourth-order valence-electron chi connectivity index (χ4n) is 3.56. The zero-order valence-corrected chi connectivity index (χ0v) is 17.9. The number of carbonyl (C=O) groups excluding carboxylic acids is 1. The number of hydrogen-bond acceptors (Lipinski definition) is 6. The number of carbonyl (C=O) groups is 1. The van der Waals surface area contributed by atoms with Gasteiger partial charge in [0.15, 0.2) is 0 Å². The Morgan fingerprint density at radius 2 is 1.65 bits per heavy atom. The van der Waals surface area contributed by atoms with Crippen LogP contribution in [0.4, 0.5) is 11.8 Å². The molecule has 0 bridgehead atoms. The Hall–Kier alpha value is -3.61. The minimum absolute atomic E-state index is 0.0399. The van der Waals surface area contributed by atoms with Gasteiger partial charge in [0, 0.05) is 50.0 Å². The predicted octanol–water partition coefficient (Wildman–Crippen LogP) is 3.97. The number of hydrogen-bond donors (Lipinski definition) is 1. The molecule has 0 atom stereocenters. The van der Waals surface area contributed by atoms with E-state index in [4.69, 9.17) is 4.74 Å². The molecule has 4 rings (SSSR count). The van der Waals surface area contributed by atoms with E-state index in [-0.39, 0.29) is 5.91 Å². The number of aryl methyl sites for hydroxylation is 1. The first-order chi connectivity index (χ1) is 15.1. The summed E-state index contributed by atoms with van der Waals surface area (Å²) in [6.45, 7) is 7.56. The lowest BCUT2D eigenvalue weighted by Gasteiger charge is -2.35. The molecular weight excluding hydrogens is 390 g/mol. The van der Waals surface area contributed by atoms with E-state index in [1.807, 2.05) is 79.4 Å². The van der Waals surface area contributed by atoms with Crippen LogP contribution in [0.1, 0.15) is 23.0 Å². The minimum Gasteiger partial charge on any atom is -0.457 e.